The summed E-state index contributed by atoms with van der Waals surface area (Å²) >= 11 is 0. The van der Waals surface area contributed by atoms with Crippen molar-refractivity contribution in [3.63, 3.8) is 0 Å². The Morgan fingerprint density at radius 2 is 1.88 bits per heavy atom. The van der Waals surface area contributed by atoms with Crippen LogP contribution in [0.15, 0.2) is 24.4 Å². The van der Waals surface area contributed by atoms with Gasteiger partial charge in [0.2, 0.25) is 0 Å². The molecule has 1 saturated carbocycles. The molecule has 2 fully saturated rings. The summed E-state index contributed by atoms with van der Waals surface area (Å²) in [5.41, 5.74) is 2.50. The average molecular weight is 465 g/mol. The van der Waals surface area contributed by atoms with E-state index in [1.807, 2.05) is 20.0 Å². The lowest BCUT2D eigenvalue weighted by Gasteiger charge is -2.34. The van der Waals surface area contributed by atoms with Crippen LogP contribution in [0.1, 0.15) is 74.2 Å². The van der Waals surface area contributed by atoms with Gasteiger partial charge in [-0.25, -0.2) is 4.39 Å². The Morgan fingerprint density at radius 3 is 2.59 bits per heavy atom. The molecule has 0 bridgehead atoms. The molecule has 5 nitrogen and oxygen atoms in total. The molecule has 182 valence electrons. The first-order chi connectivity index (χ1) is 16.4. The van der Waals surface area contributed by atoms with Crippen LogP contribution < -0.4 is 15.9 Å². The number of nitrogens with zero attached hydrogens (tertiary/aromatic N) is 3. The van der Waals surface area contributed by atoms with Crippen molar-refractivity contribution in [2.75, 3.05) is 26.7 Å². The Balaban J connectivity index is 1.51. The summed E-state index contributed by atoms with van der Waals surface area (Å²) in [6, 6.07) is 5.35. The minimum Gasteiger partial charge on any atom is -0.386 e. The lowest BCUT2D eigenvalue weighted by Crippen LogP contribution is -2.39. The molecule has 2 aromatic rings. The molecule has 3 heterocycles. The van der Waals surface area contributed by atoms with Crippen LogP contribution in [0.3, 0.4) is 0 Å². The number of likely N-dealkylation sites (tertiary alicyclic amines) is 1. The standard InChI is InChI=1S/C28H37FN4O/c1-19(2)31(3)28(34)24-16-21(29)8-11-26(24)33-18-25(23-12-13-30-17-27(23)33)20-6-9-22(10-7-20)32-14-4-5-15-32/h8,11-12,16-20,22,30H,4-7,9-10,13-15H2,1-3H3. The number of hydrogen-bond acceptors (Lipinski definition) is 3. The fourth-order valence-corrected chi connectivity index (χ4v) is 5.94. The molecule has 1 saturated heterocycles. The first kappa shape index (κ1) is 23.2. The maximum Gasteiger partial charge on any atom is 0.256 e. The first-order valence-electron chi connectivity index (χ1n) is 12.9. The SMILES string of the molecule is CC(C)N(C)C(=O)c1cc(F)ccc1-n1cc(C2CCC(N3CCCC3)CC2)c2c1=CNCC=2. The Kier molecular flexibility index (Phi) is 6.52. The third kappa shape index (κ3) is 4.28. The minimum absolute atomic E-state index is 0.0325. The molecule has 6 heteroatoms. The van der Waals surface area contributed by atoms with Gasteiger partial charge in [-0.2, -0.15) is 0 Å². The van der Waals surface area contributed by atoms with Crippen LogP contribution in [-0.2, 0) is 0 Å². The molecule has 1 aliphatic carbocycles. The van der Waals surface area contributed by atoms with Crippen molar-refractivity contribution in [2.45, 2.75) is 70.4 Å². The number of carbonyl (C=O) groups excluding carboxylic acids is 1. The number of benzene rings is 1. The maximum absolute atomic E-state index is 14.3. The molecule has 1 aromatic carbocycles. The van der Waals surface area contributed by atoms with Crippen LogP contribution >= 0.6 is 0 Å². The Bertz CT molecular complexity index is 1170. The van der Waals surface area contributed by atoms with Gasteiger partial charge >= 0.3 is 0 Å². The summed E-state index contributed by atoms with van der Waals surface area (Å²) in [5.74, 6) is -0.0266. The third-order valence-corrected chi connectivity index (χ3v) is 8.11. The van der Waals surface area contributed by atoms with E-state index in [0.29, 0.717) is 11.5 Å². The summed E-state index contributed by atoms with van der Waals surface area (Å²) < 4.78 is 16.4. The number of rotatable bonds is 5. The summed E-state index contributed by atoms with van der Waals surface area (Å²) in [5, 5.41) is 5.65. The molecular weight excluding hydrogens is 427 g/mol. The zero-order chi connectivity index (χ0) is 23.8. The number of amides is 1. The van der Waals surface area contributed by atoms with E-state index in [1.54, 1.807) is 18.0 Å². The number of nitrogens with one attached hydrogen (secondary N) is 1. The third-order valence-electron chi connectivity index (χ3n) is 8.11. The fraction of sp³-hybridized carbons (Fsp3) is 0.536. The second-order valence-corrected chi connectivity index (χ2v) is 10.4. The molecule has 0 spiro atoms. The fourth-order valence-electron chi connectivity index (χ4n) is 5.94. The Hall–Kier alpha value is -2.60. The smallest absolute Gasteiger partial charge is 0.256 e. The van der Waals surface area contributed by atoms with E-state index in [9.17, 15) is 9.18 Å². The van der Waals surface area contributed by atoms with Crippen molar-refractivity contribution in [2.24, 2.45) is 0 Å². The van der Waals surface area contributed by atoms with E-state index < -0.39 is 0 Å². The molecule has 0 radical (unpaired) electrons. The number of carbonyl (C=O) groups is 1. The van der Waals surface area contributed by atoms with Gasteiger partial charge in [0.05, 0.1) is 16.6 Å². The Labute approximate surface area is 201 Å². The summed E-state index contributed by atoms with van der Waals surface area (Å²) in [6.07, 6.45) is 14.1. The van der Waals surface area contributed by atoms with Crippen LogP contribution in [0.5, 0.6) is 0 Å². The molecular formula is C28H37FN4O. The average Bonchev–Trinajstić information content (AvgIpc) is 3.52. The molecule has 0 atom stereocenters. The van der Waals surface area contributed by atoms with Crippen molar-refractivity contribution < 1.29 is 9.18 Å². The van der Waals surface area contributed by atoms with Gasteiger partial charge in [-0.3, -0.25) is 4.79 Å². The van der Waals surface area contributed by atoms with Crippen molar-refractivity contribution >= 4 is 18.2 Å². The summed E-state index contributed by atoms with van der Waals surface area (Å²) in [7, 11) is 1.78. The van der Waals surface area contributed by atoms with Crippen molar-refractivity contribution in [3.8, 4) is 5.69 Å². The van der Waals surface area contributed by atoms with E-state index >= 15 is 0 Å². The predicted molar refractivity (Wildman–Crippen MR) is 135 cm³/mol. The normalized spacial score (nSPS) is 22.6. The van der Waals surface area contributed by atoms with E-state index in [-0.39, 0.29) is 17.8 Å². The second kappa shape index (κ2) is 9.57. The number of aromatic nitrogens is 1. The van der Waals surface area contributed by atoms with Gasteiger partial charge in [-0.05, 0) is 95.1 Å². The van der Waals surface area contributed by atoms with Crippen LogP contribution in [0.25, 0.3) is 18.0 Å². The largest absolute Gasteiger partial charge is 0.386 e. The van der Waals surface area contributed by atoms with Crippen molar-refractivity contribution in [1.82, 2.24) is 19.7 Å². The van der Waals surface area contributed by atoms with Crippen LogP contribution in [0.2, 0.25) is 0 Å². The van der Waals surface area contributed by atoms with E-state index in [2.05, 4.69) is 27.1 Å². The van der Waals surface area contributed by atoms with Crippen molar-refractivity contribution in [3.05, 3.63) is 51.9 Å². The molecule has 34 heavy (non-hydrogen) atoms. The first-order valence-corrected chi connectivity index (χ1v) is 12.9. The lowest BCUT2D eigenvalue weighted by molar-refractivity contribution is 0.0754. The zero-order valence-corrected chi connectivity index (χ0v) is 20.7. The number of halogens is 1. The van der Waals surface area contributed by atoms with Crippen LogP contribution in [0, 0.1) is 5.82 Å². The molecule has 2 aliphatic heterocycles. The maximum atomic E-state index is 14.3. The topological polar surface area (TPSA) is 40.5 Å². The van der Waals surface area contributed by atoms with Crippen LogP contribution in [0.4, 0.5) is 4.39 Å². The molecule has 3 aliphatic rings. The van der Waals surface area contributed by atoms with E-state index in [1.165, 1.54) is 74.5 Å². The molecule has 5 rings (SSSR count). The van der Waals surface area contributed by atoms with E-state index in [4.69, 9.17) is 0 Å². The molecule has 1 aromatic heterocycles. The lowest BCUT2D eigenvalue weighted by atomic mass is 9.81. The highest BCUT2D eigenvalue weighted by Gasteiger charge is 2.30. The summed E-state index contributed by atoms with van der Waals surface area (Å²) in [6.45, 7) is 7.27. The van der Waals surface area contributed by atoms with Gasteiger partial charge in [0.25, 0.3) is 5.91 Å². The van der Waals surface area contributed by atoms with Gasteiger partial charge in [-0.15, -0.1) is 0 Å². The molecule has 1 N–H and O–H groups in total. The van der Waals surface area contributed by atoms with Gasteiger partial charge in [0.15, 0.2) is 0 Å². The zero-order valence-electron chi connectivity index (χ0n) is 20.7. The van der Waals surface area contributed by atoms with Gasteiger partial charge in [0, 0.05) is 43.3 Å². The highest BCUT2D eigenvalue weighted by Crippen LogP contribution is 2.35. The predicted octanol–water partition coefficient (Wildman–Crippen LogP) is 3.34. The van der Waals surface area contributed by atoms with Crippen LogP contribution in [-0.4, -0.2) is 59.0 Å². The highest BCUT2D eigenvalue weighted by atomic mass is 19.1. The molecule has 1 amide bonds. The van der Waals surface area contributed by atoms with Gasteiger partial charge in [-0.1, -0.05) is 6.08 Å². The number of fused-ring (bicyclic) bond motifs is 1. The minimum atomic E-state index is -0.389. The highest BCUT2D eigenvalue weighted by molar-refractivity contribution is 5.98. The Morgan fingerprint density at radius 1 is 1.15 bits per heavy atom. The van der Waals surface area contributed by atoms with Gasteiger partial charge < -0.3 is 19.7 Å². The number of hydrogen-bond donors (Lipinski definition) is 1. The summed E-state index contributed by atoms with van der Waals surface area (Å²) in [4.78, 5) is 17.6. The quantitative estimate of drug-likeness (QED) is 0.738. The van der Waals surface area contributed by atoms with Gasteiger partial charge in [0.1, 0.15) is 5.82 Å². The monoisotopic (exact) mass is 464 g/mol. The molecule has 0 unspecified atom stereocenters. The van der Waals surface area contributed by atoms with Crippen molar-refractivity contribution in [1.29, 1.82) is 0 Å². The van der Waals surface area contributed by atoms with E-state index in [0.717, 1.165) is 23.6 Å². The second-order valence-electron chi connectivity index (χ2n) is 10.4.